The molecule has 0 saturated carbocycles. The molecule has 3 rings (SSSR count). The number of hydrogen-bond donors (Lipinski definition) is 3. The number of nitrogens with zero attached hydrogens (tertiary/aromatic N) is 2. The Morgan fingerprint density at radius 2 is 1.83 bits per heavy atom. The predicted octanol–water partition coefficient (Wildman–Crippen LogP) is 1.88. The van der Waals surface area contributed by atoms with Crippen molar-refractivity contribution in [3.8, 4) is 0 Å². The van der Waals surface area contributed by atoms with Crippen molar-refractivity contribution >= 4 is 44.4 Å². The van der Waals surface area contributed by atoms with Crippen molar-refractivity contribution in [1.29, 1.82) is 0 Å². The van der Waals surface area contributed by atoms with E-state index in [1.165, 1.54) is 35.8 Å². The summed E-state index contributed by atoms with van der Waals surface area (Å²) in [6, 6.07) is 11.3. The second kappa shape index (κ2) is 8.82. The lowest BCUT2D eigenvalue weighted by Crippen LogP contribution is -2.47. The van der Waals surface area contributed by atoms with Crippen LogP contribution in [0.2, 0.25) is 5.02 Å². The average molecular weight is 450 g/mol. The topological polar surface area (TPSA) is 122 Å². The van der Waals surface area contributed by atoms with Gasteiger partial charge in [0.05, 0.1) is 21.8 Å². The lowest BCUT2D eigenvalue weighted by Gasteiger charge is -2.17. The van der Waals surface area contributed by atoms with Crippen molar-refractivity contribution in [3.05, 3.63) is 63.9 Å². The number of hydrazine groups is 1. The molecule has 0 spiro atoms. The van der Waals surface area contributed by atoms with Crippen LogP contribution in [0.1, 0.15) is 13.8 Å². The number of fused-ring (bicyclic) bond motifs is 1. The summed E-state index contributed by atoms with van der Waals surface area (Å²) in [5, 5.41) is 0.856. The van der Waals surface area contributed by atoms with E-state index in [0.29, 0.717) is 22.5 Å². The van der Waals surface area contributed by atoms with Crippen LogP contribution in [0.25, 0.3) is 10.9 Å². The molecule has 1 amide bonds. The molecule has 9 nitrogen and oxygen atoms in total. The number of carbonyl (C=O) groups is 1. The first-order valence-corrected chi connectivity index (χ1v) is 10.9. The highest BCUT2D eigenvalue weighted by Crippen LogP contribution is 2.14. The lowest BCUT2D eigenvalue weighted by atomic mass is 10.2. The van der Waals surface area contributed by atoms with E-state index >= 15 is 0 Å². The second-order valence-electron chi connectivity index (χ2n) is 6.41. The smallest absolute Gasteiger partial charge is 0.262 e. The van der Waals surface area contributed by atoms with Gasteiger partial charge in [-0.1, -0.05) is 23.7 Å². The molecule has 0 aliphatic carbocycles. The van der Waals surface area contributed by atoms with Crippen LogP contribution in [0, 0.1) is 0 Å². The van der Waals surface area contributed by atoms with Gasteiger partial charge in [0.15, 0.2) is 0 Å². The molecule has 0 saturated heterocycles. The van der Waals surface area contributed by atoms with Crippen molar-refractivity contribution < 1.29 is 13.2 Å². The van der Waals surface area contributed by atoms with E-state index in [0.717, 1.165) is 0 Å². The summed E-state index contributed by atoms with van der Waals surface area (Å²) in [4.78, 5) is 29.3. The van der Waals surface area contributed by atoms with Gasteiger partial charge < -0.3 is 0 Å². The maximum Gasteiger partial charge on any atom is 0.262 e. The van der Waals surface area contributed by atoms with E-state index in [1.54, 1.807) is 31.2 Å². The molecular formula is C19H20ClN5O4S. The minimum Gasteiger partial charge on any atom is -0.277 e. The zero-order chi connectivity index (χ0) is 21.9. The highest BCUT2D eigenvalue weighted by atomic mass is 35.5. The van der Waals surface area contributed by atoms with Crippen LogP contribution in [0.15, 0.2) is 58.2 Å². The van der Waals surface area contributed by atoms with Crippen molar-refractivity contribution in [2.24, 2.45) is 0 Å². The zero-order valence-corrected chi connectivity index (χ0v) is 17.8. The summed E-state index contributed by atoms with van der Waals surface area (Å²) >= 11 is 5.77. The first-order chi connectivity index (χ1) is 14.2. The van der Waals surface area contributed by atoms with Crippen LogP contribution in [0.4, 0.5) is 5.95 Å². The summed E-state index contributed by atoms with van der Waals surface area (Å²) in [6.07, 6.45) is 0. The van der Waals surface area contributed by atoms with Crippen molar-refractivity contribution in [2.45, 2.75) is 31.3 Å². The van der Waals surface area contributed by atoms with E-state index in [9.17, 15) is 18.0 Å². The van der Waals surface area contributed by atoms with Gasteiger partial charge in [0.25, 0.3) is 11.5 Å². The third-order valence-corrected chi connectivity index (χ3v) is 6.13. The van der Waals surface area contributed by atoms with E-state index in [-0.39, 0.29) is 16.4 Å². The fraction of sp³-hybridized carbons (Fsp3) is 0.211. The fourth-order valence-electron chi connectivity index (χ4n) is 2.75. The van der Waals surface area contributed by atoms with Crippen LogP contribution >= 0.6 is 11.6 Å². The summed E-state index contributed by atoms with van der Waals surface area (Å²) in [5.41, 5.74) is 5.22. The van der Waals surface area contributed by atoms with Gasteiger partial charge in [0.2, 0.25) is 16.0 Å². The fourth-order valence-corrected chi connectivity index (χ4v) is 4.08. The van der Waals surface area contributed by atoms with Gasteiger partial charge in [-0.3, -0.25) is 25.0 Å². The quantitative estimate of drug-likeness (QED) is 0.473. The molecule has 0 aliphatic rings. The maximum atomic E-state index is 12.6. The van der Waals surface area contributed by atoms with Crippen LogP contribution in [-0.4, -0.2) is 29.9 Å². The molecule has 3 aromatic rings. The van der Waals surface area contributed by atoms with E-state index in [1.807, 2.05) is 0 Å². The Bertz CT molecular complexity index is 1240. The molecule has 0 fully saturated rings. The molecule has 3 N–H and O–H groups in total. The molecule has 0 aliphatic heterocycles. The normalized spacial score (nSPS) is 12.5. The summed E-state index contributed by atoms with van der Waals surface area (Å²) in [6.45, 7) is 3.49. The lowest BCUT2D eigenvalue weighted by molar-refractivity contribution is -0.121. The number of sulfonamides is 1. The Balaban J connectivity index is 1.73. The number of benzene rings is 2. The minimum absolute atomic E-state index is 0.0180. The number of aromatic nitrogens is 2. The number of halogens is 1. The molecule has 1 atom stereocenters. The standard InChI is InChI=1S/C19H20ClN5O4S/c1-3-25-18(27)15-6-4-5-7-16(15)21-19(25)23-22-17(26)12(2)24-30(28,29)14-10-8-13(20)9-11-14/h4-12,24H,3H2,1-2H3,(H,21,23)(H,22,26)/t12-/m0/s1. The third kappa shape index (κ3) is 4.61. The maximum absolute atomic E-state index is 12.6. The highest BCUT2D eigenvalue weighted by Gasteiger charge is 2.22. The van der Waals surface area contributed by atoms with Crippen LogP contribution in [0.3, 0.4) is 0 Å². The summed E-state index contributed by atoms with van der Waals surface area (Å²) in [7, 11) is -3.92. The van der Waals surface area contributed by atoms with Crippen molar-refractivity contribution in [3.63, 3.8) is 0 Å². The predicted molar refractivity (Wildman–Crippen MR) is 115 cm³/mol. The number of carbonyl (C=O) groups excluding carboxylic acids is 1. The van der Waals surface area contributed by atoms with Crippen LogP contribution in [0.5, 0.6) is 0 Å². The number of para-hydroxylation sites is 1. The Hall–Kier alpha value is -2.95. The molecule has 0 radical (unpaired) electrons. The third-order valence-electron chi connectivity index (χ3n) is 4.32. The van der Waals surface area contributed by atoms with Gasteiger partial charge in [-0.2, -0.15) is 4.72 Å². The molecular weight excluding hydrogens is 430 g/mol. The Morgan fingerprint density at radius 1 is 1.17 bits per heavy atom. The first kappa shape index (κ1) is 21.8. The SMILES string of the molecule is CCn1c(NNC(=O)[C@H](C)NS(=O)(=O)c2ccc(Cl)cc2)nc2ccccc2c1=O. The van der Waals surface area contributed by atoms with Gasteiger partial charge in [0, 0.05) is 11.6 Å². The largest absolute Gasteiger partial charge is 0.277 e. The number of amides is 1. The van der Waals surface area contributed by atoms with Crippen LogP contribution < -0.4 is 21.1 Å². The Kier molecular flexibility index (Phi) is 6.40. The van der Waals surface area contributed by atoms with Gasteiger partial charge in [-0.25, -0.2) is 13.4 Å². The first-order valence-electron chi connectivity index (χ1n) is 9.06. The molecule has 0 unspecified atom stereocenters. The molecule has 1 aromatic heterocycles. The second-order valence-corrected chi connectivity index (χ2v) is 8.56. The van der Waals surface area contributed by atoms with E-state index < -0.39 is 22.0 Å². The molecule has 11 heteroatoms. The Morgan fingerprint density at radius 3 is 2.50 bits per heavy atom. The molecule has 0 bridgehead atoms. The van der Waals surface area contributed by atoms with Crippen molar-refractivity contribution in [2.75, 3.05) is 5.43 Å². The summed E-state index contributed by atoms with van der Waals surface area (Å²) in [5.74, 6) is -0.514. The average Bonchev–Trinajstić information content (AvgIpc) is 2.72. The summed E-state index contributed by atoms with van der Waals surface area (Å²) < 4.78 is 28.5. The number of hydrogen-bond acceptors (Lipinski definition) is 6. The Labute approximate surface area is 178 Å². The number of nitrogens with one attached hydrogen (secondary N) is 3. The highest BCUT2D eigenvalue weighted by molar-refractivity contribution is 7.89. The van der Waals surface area contributed by atoms with Gasteiger partial charge in [-0.05, 0) is 50.2 Å². The van der Waals surface area contributed by atoms with Gasteiger partial charge in [0.1, 0.15) is 0 Å². The monoisotopic (exact) mass is 449 g/mol. The molecule has 30 heavy (non-hydrogen) atoms. The molecule has 2 aromatic carbocycles. The number of rotatable bonds is 7. The van der Waals surface area contributed by atoms with Gasteiger partial charge >= 0.3 is 0 Å². The molecule has 1 heterocycles. The minimum atomic E-state index is -3.92. The number of anilines is 1. The van der Waals surface area contributed by atoms with Crippen molar-refractivity contribution in [1.82, 2.24) is 19.7 Å². The van der Waals surface area contributed by atoms with E-state index in [2.05, 4.69) is 20.6 Å². The molecule has 158 valence electrons. The van der Waals surface area contributed by atoms with Gasteiger partial charge in [-0.15, -0.1) is 0 Å². The van der Waals surface area contributed by atoms with E-state index in [4.69, 9.17) is 11.6 Å². The van der Waals surface area contributed by atoms with Crippen LogP contribution in [-0.2, 0) is 21.4 Å². The zero-order valence-electron chi connectivity index (χ0n) is 16.2.